The minimum absolute atomic E-state index is 0.120. The molecule has 1 aliphatic heterocycles. The molecule has 0 saturated carbocycles. The summed E-state index contributed by atoms with van der Waals surface area (Å²) in [6.45, 7) is 0. The lowest BCUT2D eigenvalue weighted by Crippen LogP contribution is -1.95. The number of hydrogen-bond acceptors (Lipinski definition) is 5. The van der Waals surface area contributed by atoms with Crippen LogP contribution in [0.2, 0.25) is 0 Å². The highest BCUT2D eigenvalue weighted by Gasteiger charge is 2.44. The van der Waals surface area contributed by atoms with Gasteiger partial charge in [0.1, 0.15) is 0 Å². The van der Waals surface area contributed by atoms with Crippen LogP contribution in [-0.4, -0.2) is 9.79 Å². The van der Waals surface area contributed by atoms with E-state index in [1.807, 2.05) is 0 Å². The van der Waals surface area contributed by atoms with E-state index in [2.05, 4.69) is 13.4 Å². The Kier molecular flexibility index (Phi) is 2.37. The van der Waals surface area contributed by atoms with Crippen LogP contribution in [0.15, 0.2) is 24.3 Å². The molecule has 0 fully saturated rings. The van der Waals surface area contributed by atoms with Gasteiger partial charge in [-0.1, -0.05) is 12.1 Å². The summed E-state index contributed by atoms with van der Waals surface area (Å²) in [7, 11) is -9.16. The van der Waals surface area contributed by atoms with Crippen molar-refractivity contribution in [1.82, 2.24) is 0 Å². The minimum atomic E-state index is -4.92. The Labute approximate surface area is 84.5 Å². The molecule has 0 bridgehead atoms. The Morgan fingerprint density at radius 2 is 1.67 bits per heavy atom. The number of hydrogen-bond donors (Lipinski definition) is 2. The minimum Gasteiger partial charge on any atom is -0.391 e. The van der Waals surface area contributed by atoms with Crippen LogP contribution < -0.4 is 9.05 Å². The van der Waals surface area contributed by atoms with Crippen molar-refractivity contribution < 1.29 is 32.3 Å². The lowest BCUT2D eigenvalue weighted by Gasteiger charge is -2.09. The van der Waals surface area contributed by atoms with E-state index >= 15 is 0 Å². The van der Waals surface area contributed by atoms with E-state index in [0.717, 1.165) is 0 Å². The highest BCUT2D eigenvalue weighted by atomic mass is 31.3. The number of rotatable bonds is 2. The molecular weight excluding hydrogens is 246 g/mol. The van der Waals surface area contributed by atoms with Gasteiger partial charge >= 0.3 is 15.6 Å². The van der Waals surface area contributed by atoms with Crippen LogP contribution in [-0.2, 0) is 13.4 Å². The van der Waals surface area contributed by atoms with Gasteiger partial charge in [0.25, 0.3) is 0 Å². The summed E-state index contributed by atoms with van der Waals surface area (Å²) in [5.74, 6) is 0.239. The molecule has 0 radical (unpaired) electrons. The molecule has 15 heavy (non-hydrogen) atoms. The van der Waals surface area contributed by atoms with Gasteiger partial charge in [-0.25, -0.2) is 9.13 Å². The molecule has 2 rings (SSSR count). The van der Waals surface area contributed by atoms with E-state index in [4.69, 9.17) is 9.79 Å². The van der Waals surface area contributed by atoms with Crippen LogP contribution in [0.25, 0.3) is 0 Å². The predicted molar refractivity (Wildman–Crippen MR) is 48.4 cm³/mol. The van der Waals surface area contributed by atoms with Crippen LogP contribution in [0.3, 0.4) is 0 Å². The predicted octanol–water partition coefficient (Wildman–Crippen LogP) is 1.68. The van der Waals surface area contributed by atoms with Crippen LogP contribution >= 0.6 is 15.6 Å². The van der Waals surface area contributed by atoms with Crippen molar-refractivity contribution in [2.45, 2.75) is 0 Å². The maximum Gasteiger partial charge on any atom is 0.596 e. The van der Waals surface area contributed by atoms with Crippen molar-refractivity contribution in [3.05, 3.63) is 24.3 Å². The van der Waals surface area contributed by atoms with Crippen molar-refractivity contribution >= 4 is 15.6 Å². The zero-order valence-electron chi connectivity index (χ0n) is 7.14. The Bertz CT molecular complexity index is 449. The van der Waals surface area contributed by atoms with E-state index < -0.39 is 15.6 Å². The van der Waals surface area contributed by atoms with Gasteiger partial charge in [-0.05, 0) is 12.1 Å². The zero-order valence-corrected chi connectivity index (χ0v) is 8.93. The van der Waals surface area contributed by atoms with Gasteiger partial charge in [0.2, 0.25) is 0 Å². The summed E-state index contributed by atoms with van der Waals surface area (Å²) < 4.78 is 35.3. The molecule has 1 aromatic carbocycles. The summed E-state index contributed by atoms with van der Waals surface area (Å²) in [6.07, 6.45) is 0. The molecule has 0 unspecified atom stereocenters. The van der Waals surface area contributed by atoms with Crippen LogP contribution in [0.1, 0.15) is 0 Å². The summed E-state index contributed by atoms with van der Waals surface area (Å²) in [5.41, 5.74) is 0. The lowest BCUT2D eigenvalue weighted by atomic mass is 10.3. The largest absolute Gasteiger partial charge is 0.596 e. The number of para-hydroxylation sites is 2. The molecule has 7 nitrogen and oxygen atoms in total. The highest BCUT2D eigenvalue weighted by Crippen LogP contribution is 2.65. The first-order valence-electron chi connectivity index (χ1n) is 3.73. The Hall–Kier alpha value is -0.840. The van der Waals surface area contributed by atoms with Gasteiger partial charge in [0.15, 0.2) is 11.5 Å². The number of benzene rings is 1. The standard InChI is InChI=1S/C6H6O7P2/c7-14(8,9)13-15(10)11-5-3-1-2-4-6(5)12-15/h1-4H,(H2,7,8,9). The van der Waals surface area contributed by atoms with Gasteiger partial charge in [-0.15, -0.1) is 0 Å². The molecule has 1 aliphatic rings. The van der Waals surface area contributed by atoms with Crippen LogP contribution in [0, 0.1) is 0 Å². The third kappa shape index (κ3) is 2.40. The quantitative estimate of drug-likeness (QED) is 0.771. The van der Waals surface area contributed by atoms with E-state index in [9.17, 15) is 9.13 Å². The van der Waals surface area contributed by atoms with Gasteiger partial charge < -0.3 is 18.8 Å². The SMILES string of the molecule is O=P(O)(O)OP1(=O)Oc2ccccc2O1. The molecule has 0 atom stereocenters. The normalized spacial score (nSPS) is 17.7. The van der Waals surface area contributed by atoms with Gasteiger partial charge in [-0.2, -0.15) is 4.31 Å². The van der Waals surface area contributed by atoms with E-state index in [-0.39, 0.29) is 11.5 Å². The first-order chi connectivity index (χ1) is 6.88. The molecule has 0 amide bonds. The van der Waals surface area contributed by atoms with Crippen LogP contribution in [0.5, 0.6) is 11.5 Å². The number of phosphoric ester groups is 1. The topological polar surface area (TPSA) is 102 Å². The lowest BCUT2D eigenvalue weighted by molar-refractivity contribution is 0.246. The maximum atomic E-state index is 11.5. The Balaban J connectivity index is 2.26. The first kappa shape index (κ1) is 10.7. The molecule has 82 valence electrons. The fourth-order valence-corrected chi connectivity index (χ4v) is 3.15. The number of phosphoric acid groups is 2. The monoisotopic (exact) mass is 252 g/mol. The average molecular weight is 252 g/mol. The second-order valence-electron chi connectivity index (χ2n) is 2.65. The summed E-state index contributed by atoms with van der Waals surface area (Å²) in [4.78, 5) is 17.0. The Morgan fingerprint density at radius 1 is 1.20 bits per heavy atom. The fraction of sp³-hybridized carbons (Fsp3) is 0. The Morgan fingerprint density at radius 3 is 2.07 bits per heavy atom. The molecule has 9 heteroatoms. The van der Waals surface area contributed by atoms with Crippen molar-refractivity contribution in [2.24, 2.45) is 0 Å². The van der Waals surface area contributed by atoms with Gasteiger partial charge in [0.05, 0.1) is 0 Å². The molecular formula is C6H6O7P2. The van der Waals surface area contributed by atoms with Crippen LogP contribution in [0.4, 0.5) is 0 Å². The van der Waals surface area contributed by atoms with Gasteiger partial charge in [0, 0.05) is 0 Å². The van der Waals surface area contributed by atoms with E-state index in [0.29, 0.717) is 0 Å². The molecule has 0 aromatic heterocycles. The third-order valence-electron chi connectivity index (χ3n) is 1.48. The zero-order chi connectivity index (χ0) is 11.1. The summed E-state index contributed by atoms with van der Waals surface area (Å²) in [6, 6.07) is 6.07. The van der Waals surface area contributed by atoms with Crippen molar-refractivity contribution in [3.63, 3.8) is 0 Å². The van der Waals surface area contributed by atoms with Crippen molar-refractivity contribution in [1.29, 1.82) is 0 Å². The third-order valence-corrected chi connectivity index (χ3v) is 3.97. The summed E-state index contributed by atoms with van der Waals surface area (Å²) >= 11 is 0. The molecule has 1 heterocycles. The summed E-state index contributed by atoms with van der Waals surface area (Å²) in [5, 5.41) is 0. The molecule has 0 saturated heterocycles. The molecule has 0 spiro atoms. The maximum absolute atomic E-state index is 11.5. The fourth-order valence-electron chi connectivity index (χ4n) is 1.02. The second-order valence-corrected chi connectivity index (χ2v) is 5.54. The number of fused-ring (bicyclic) bond motifs is 1. The highest BCUT2D eigenvalue weighted by molar-refractivity contribution is 7.61. The van der Waals surface area contributed by atoms with Crippen molar-refractivity contribution in [3.8, 4) is 11.5 Å². The van der Waals surface area contributed by atoms with Gasteiger partial charge in [-0.3, -0.25) is 0 Å². The van der Waals surface area contributed by atoms with Crippen molar-refractivity contribution in [2.75, 3.05) is 0 Å². The van der Waals surface area contributed by atoms with E-state index in [1.54, 1.807) is 12.1 Å². The smallest absolute Gasteiger partial charge is 0.391 e. The second kappa shape index (κ2) is 3.33. The first-order valence-corrected chi connectivity index (χ1v) is 6.72. The molecule has 0 aliphatic carbocycles. The molecule has 1 aromatic rings. The van der Waals surface area contributed by atoms with E-state index in [1.165, 1.54) is 12.1 Å². The molecule has 2 N–H and O–H groups in total. The average Bonchev–Trinajstić information content (AvgIpc) is 2.35.